The second-order valence-corrected chi connectivity index (χ2v) is 9.31. The summed E-state index contributed by atoms with van der Waals surface area (Å²) in [5.41, 5.74) is 3.28. The summed E-state index contributed by atoms with van der Waals surface area (Å²) in [4.78, 5) is 13.0. The van der Waals surface area contributed by atoms with Gasteiger partial charge in [0.15, 0.2) is 9.84 Å². The maximum atomic E-state index is 12.8. The molecule has 1 aliphatic heterocycles. The van der Waals surface area contributed by atoms with Crippen molar-refractivity contribution in [1.29, 1.82) is 0 Å². The highest BCUT2D eigenvalue weighted by Gasteiger charge is 2.32. The fraction of sp³-hybridized carbons (Fsp3) is 0.0417. The number of cyclic esters (lactones) is 1. The number of hydrogen-bond donors (Lipinski definition) is 0. The van der Waals surface area contributed by atoms with Gasteiger partial charge in [0.1, 0.15) is 5.76 Å². The van der Waals surface area contributed by atoms with Crippen LogP contribution in [0.2, 0.25) is 5.02 Å². The Morgan fingerprint density at radius 2 is 1.40 bits per heavy atom. The van der Waals surface area contributed by atoms with E-state index in [0.29, 0.717) is 27.5 Å². The van der Waals surface area contributed by atoms with Crippen LogP contribution in [0.5, 0.6) is 0 Å². The van der Waals surface area contributed by atoms with Crippen molar-refractivity contribution in [2.24, 2.45) is 0 Å². The maximum Gasteiger partial charge on any atom is 0.344 e. The Morgan fingerprint density at radius 3 is 2.00 bits per heavy atom. The molecule has 0 saturated carbocycles. The van der Waals surface area contributed by atoms with Crippen molar-refractivity contribution >= 4 is 44.6 Å². The fourth-order valence-corrected chi connectivity index (χ4v) is 4.02. The molecule has 4 rings (SSSR count). The molecule has 3 aromatic rings. The third kappa shape index (κ3) is 4.08. The van der Waals surface area contributed by atoms with Gasteiger partial charge in [-0.15, -0.1) is 0 Å². The van der Waals surface area contributed by atoms with Crippen molar-refractivity contribution in [2.75, 3.05) is 6.26 Å². The van der Waals surface area contributed by atoms with Gasteiger partial charge in [-0.1, -0.05) is 66.2 Å². The average Bonchev–Trinajstić information content (AvgIpc) is 3.05. The van der Waals surface area contributed by atoms with Crippen LogP contribution in [0.25, 0.3) is 17.2 Å². The number of allylic oxidation sites excluding steroid dienone is 1. The predicted molar refractivity (Wildman–Crippen MR) is 118 cm³/mol. The van der Waals surface area contributed by atoms with Gasteiger partial charge in [-0.3, -0.25) is 0 Å². The molecule has 0 fully saturated rings. The van der Waals surface area contributed by atoms with E-state index in [1.54, 1.807) is 30.3 Å². The number of halogens is 1. The standard InChI is InChI=1S/C24H17ClO4S/c1-30(27,28)20-13-9-18(10-14-20)22-21(15-16-7-11-19(25)12-8-16)29-24(26)23(22)17-5-3-2-4-6-17/h2-15H,1H3/b21-15-. The first-order valence-corrected chi connectivity index (χ1v) is 11.4. The Kier molecular flexibility index (Phi) is 5.33. The fourth-order valence-electron chi connectivity index (χ4n) is 3.26. The third-order valence-electron chi connectivity index (χ3n) is 4.70. The van der Waals surface area contributed by atoms with Crippen molar-refractivity contribution in [1.82, 2.24) is 0 Å². The largest absolute Gasteiger partial charge is 0.422 e. The van der Waals surface area contributed by atoms with Crippen molar-refractivity contribution < 1.29 is 17.9 Å². The number of carbonyl (C=O) groups is 1. The van der Waals surface area contributed by atoms with Gasteiger partial charge in [-0.05, 0) is 47.0 Å². The van der Waals surface area contributed by atoms with Gasteiger partial charge in [-0.2, -0.15) is 0 Å². The van der Waals surface area contributed by atoms with Gasteiger partial charge >= 0.3 is 5.97 Å². The van der Waals surface area contributed by atoms with Crippen molar-refractivity contribution in [3.05, 3.63) is 106 Å². The second kappa shape index (κ2) is 7.94. The summed E-state index contributed by atoms with van der Waals surface area (Å²) in [6.45, 7) is 0. The number of benzene rings is 3. The van der Waals surface area contributed by atoms with E-state index < -0.39 is 15.8 Å². The molecule has 6 heteroatoms. The van der Waals surface area contributed by atoms with Crippen molar-refractivity contribution in [3.8, 4) is 0 Å². The molecule has 0 aromatic heterocycles. The minimum absolute atomic E-state index is 0.210. The molecule has 0 atom stereocenters. The molecule has 0 amide bonds. The van der Waals surface area contributed by atoms with Gasteiger partial charge in [0.2, 0.25) is 0 Å². The summed E-state index contributed by atoms with van der Waals surface area (Å²) in [5, 5.41) is 0.609. The lowest BCUT2D eigenvalue weighted by molar-refractivity contribution is -0.131. The minimum Gasteiger partial charge on any atom is -0.422 e. The predicted octanol–water partition coefficient (Wildman–Crippen LogP) is 5.25. The molecule has 0 aliphatic carbocycles. The number of ether oxygens (including phenoxy) is 1. The summed E-state index contributed by atoms with van der Waals surface area (Å²) in [7, 11) is -3.33. The van der Waals surface area contributed by atoms with E-state index >= 15 is 0 Å². The first-order valence-electron chi connectivity index (χ1n) is 9.13. The summed E-state index contributed by atoms with van der Waals surface area (Å²) < 4.78 is 29.3. The van der Waals surface area contributed by atoms with E-state index in [9.17, 15) is 13.2 Å². The van der Waals surface area contributed by atoms with Gasteiger partial charge in [0.25, 0.3) is 0 Å². The van der Waals surface area contributed by atoms with E-state index in [0.717, 1.165) is 17.4 Å². The molecule has 0 radical (unpaired) electrons. The lowest BCUT2D eigenvalue weighted by Gasteiger charge is -2.08. The van der Waals surface area contributed by atoms with Gasteiger partial charge in [0, 0.05) is 16.9 Å². The van der Waals surface area contributed by atoms with E-state index in [1.165, 1.54) is 12.1 Å². The number of rotatable bonds is 4. The van der Waals surface area contributed by atoms with E-state index in [1.807, 2.05) is 42.5 Å². The Hall–Kier alpha value is -3.15. The summed E-state index contributed by atoms with van der Waals surface area (Å²) in [6, 6.07) is 22.9. The molecule has 0 spiro atoms. The highest BCUT2D eigenvalue weighted by molar-refractivity contribution is 7.90. The van der Waals surface area contributed by atoms with Gasteiger partial charge in [-0.25, -0.2) is 13.2 Å². The smallest absolute Gasteiger partial charge is 0.344 e. The van der Waals surface area contributed by atoms with Gasteiger partial charge in [0.05, 0.1) is 10.5 Å². The van der Waals surface area contributed by atoms with Crippen LogP contribution in [0.1, 0.15) is 16.7 Å². The van der Waals surface area contributed by atoms with E-state index in [2.05, 4.69) is 0 Å². The first kappa shape index (κ1) is 20.1. The third-order valence-corrected chi connectivity index (χ3v) is 6.08. The molecule has 0 bridgehead atoms. The number of carbonyl (C=O) groups excluding carboxylic acids is 1. The maximum absolute atomic E-state index is 12.8. The highest BCUT2D eigenvalue weighted by atomic mass is 35.5. The first-order chi connectivity index (χ1) is 14.3. The molecule has 0 unspecified atom stereocenters. The zero-order valence-corrected chi connectivity index (χ0v) is 17.6. The summed E-state index contributed by atoms with van der Waals surface area (Å²) >= 11 is 5.97. The van der Waals surface area contributed by atoms with Crippen LogP contribution in [-0.4, -0.2) is 20.6 Å². The average molecular weight is 437 g/mol. The molecule has 150 valence electrons. The quantitative estimate of drug-likeness (QED) is 0.524. The minimum atomic E-state index is -3.33. The Labute approximate surface area is 180 Å². The second-order valence-electron chi connectivity index (χ2n) is 6.86. The number of hydrogen-bond acceptors (Lipinski definition) is 4. The highest BCUT2D eigenvalue weighted by Crippen LogP contribution is 2.40. The van der Waals surface area contributed by atoms with Crippen LogP contribution in [-0.2, 0) is 19.4 Å². The topological polar surface area (TPSA) is 60.4 Å². The van der Waals surface area contributed by atoms with Crippen LogP contribution < -0.4 is 0 Å². The number of esters is 1. The van der Waals surface area contributed by atoms with E-state index in [-0.39, 0.29) is 4.90 Å². The molecule has 0 saturated heterocycles. The molecule has 0 N–H and O–H groups in total. The molecular formula is C24H17ClO4S. The van der Waals surface area contributed by atoms with Crippen molar-refractivity contribution in [2.45, 2.75) is 4.90 Å². The lowest BCUT2D eigenvalue weighted by Crippen LogP contribution is -1.98. The van der Waals surface area contributed by atoms with Crippen LogP contribution in [0.3, 0.4) is 0 Å². The molecule has 1 aliphatic rings. The molecule has 30 heavy (non-hydrogen) atoms. The molecule has 4 nitrogen and oxygen atoms in total. The van der Waals surface area contributed by atoms with Crippen molar-refractivity contribution in [3.63, 3.8) is 0 Å². The monoisotopic (exact) mass is 436 g/mol. The Morgan fingerprint density at radius 1 is 0.800 bits per heavy atom. The number of sulfone groups is 1. The lowest BCUT2D eigenvalue weighted by atomic mass is 9.94. The van der Waals surface area contributed by atoms with Crippen LogP contribution in [0, 0.1) is 0 Å². The molecule has 1 heterocycles. The Balaban J connectivity index is 1.91. The SMILES string of the molecule is CS(=O)(=O)c1ccc(C2=C(c3ccccc3)C(=O)O/C2=C\c2ccc(Cl)cc2)cc1. The molecular weight excluding hydrogens is 420 g/mol. The van der Waals surface area contributed by atoms with Gasteiger partial charge < -0.3 is 4.74 Å². The summed E-state index contributed by atoms with van der Waals surface area (Å²) in [6.07, 6.45) is 2.93. The summed E-state index contributed by atoms with van der Waals surface area (Å²) in [5.74, 6) is -0.0584. The van der Waals surface area contributed by atoms with Crippen LogP contribution >= 0.6 is 11.6 Å². The van der Waals surface area contributed by atoms with E-state index in [4.69, 9.17) is 16.3 Å². The van der Waals surface area contributed by atoms with Crippen LogP contribution in [0.4, 0.5) is 0 Å². The molecule has 3 aromatic carbocycles. The van der Waals surface area contributed by atoms with Crippen LogP contribution in [0.15, 0.2) is 89.5 Å². The zero-order valence-electron chi connectivity index (χ0n) is 16.0. The Bertz CT molecular complexity index is 1270. The zero-order chi connectivity index (χ0) is 21.3. The normalized spacial score (nSPS) is 15.5.